The Balaban J connectivity index is 1.33. The van der Waals surface area contributed by atoms with E-state index in [1.807, 2.05) is 0 Å². The van der Waals surface area contributed by atoms with Crippen molar-refractivity contribution >= 4 is 11.7 Å². The predicted molar refractivity (Wildman–Crippen MR) is 105 cm³/mol. The first-order valence-electron chi connectivity index (χ1n) is 9.85. The molecular weight excluding hydrogens is 410 g/mol. The largest absolute Gasteiger partial charge is 0.486 e. The number of carbonyl (C=O) groups is 1. The molecule has 2 aromatic carbocycles. The number of amides is 2. The van der Waals surface area contributed by atoms with Crippen molar-refractivity contribution in [3.63, 3.8) is 0 Å². The lowest BCUT2D eigenvalue weighted by Crippen LogP contribution is -2.34. The molecule has 2 aliphatic heterocycles. The number of nitrogens with one attached hydrogen (secondary N) is 1. The highest BCUT2D eigenvalue weighted by Gasteiger charge is 2.34. The molecule has 3 heterocycles. The van der Waals surface area contributed by atoms with E-state index < -0.39 is 17.7 Å². The highest BCUT2D eigenvalue weighted by Crippen LogP contribution is 2.35. The van der Waals surface area contributed by atoms with E-state index in [0.29, 0.717) is 43.4 Å². The van der Waals surface area contributed by atoms with Gasteiger partial charge in [-0.05, 0) is 37.1 Å². The maximum atomic E-state index is 14.0. The van der Waals surface area contributed by atoms with Crippen molar-refractivity contribution in [3.05, 3.63) is 53.9 Å². The number of urea groups is 1. The zero-order valence-electron chi connectivity index (χ0n) is 16.3. The lowest BCUT2D eigenvalue weighted by molar-refractivity contribution is 0.171. The summed E-state index contributed by atoms with van der Waals surface area (Å²) in [6.07, 6.45) is 1.38. The maximum absolute atomic E-state index is 14.0. The second-order valence-corrected chi connectivity index (χ2v) is 7.22. The van der Waals surface area contributed by atoms with Gasteiger partial charge in [-0.25, -0.2) is 13.6 Å². The van der Waals surface area contributed by atoms with Gasteiger partial charge in [0.15, 0.2) is 11.5 Å². The van der Waals surface area contributed by atoms with E-state index in [1.165, 1.54) is 6.07 Å². The second-order valence-electron chi connectivity index (χ2n) is 7.22. The van der Waals surface area contributed by atoms with Crippen molar-refractivity contribution < 1.29 is 27.6 Å². The van der Waals surface area contributed by atoms with Gasteiger partial charge in [0.25, 0.3) is 0 Å². The van der Waals surface area contributed by atoms with Crippen LogP contribution in [0.15, 0.2) is 40.9 Å². The van der Waals surface area contributed by atoms with Gasteiger partial charge in [0.2, 0.25) is 11.7 Å². The van der Waals surface area contributed by atoms with E-state index in [0.717, 1.165) is 18.6 Å². The van der Waals surface area contributed by atoms with Crippen LogP contribution >= 0.6 is 0 Å². The molecule has 10 heteroatoms. The summed E-state index contributed by atoms with van der Waals surface area (Å²) in [6.45, 7) is 1.44. The Morgan fingerprint density at radius 2 is 1.94 bits per heavy atom. The van der Waals surface area contributed by atoms with Crippen LogP contribution in [0.1, 0.15) is 24.8 Å². The van der Waals surface area contributed by atoms with E-state index in [1.54, 1.807) is 23.1 Å². The van der Waals surface area contributed by atoms with Crippen molar-refractivity contribution in [1.29, 1.82) is 0 Å². The van der Waals surface area contributed by atoms with Crippen molar-refractivity contribution in [2.45, 2.75) is 18.9 Å². The first-order valence-corrected chi connectivity index (χ1v) is 9.85. The van der Waals surface area contributed by atoms with Crippen LogP contribution in [0.5, 0.6) is 11.5 Å². The van der Waals surface area contributed by atoms with Gasteiger partial charge in [0, 0.05) is 24.4 Å². The average molecular weight is 428 g/mol. The van der Waals surface area contributed by atoms with Gasteiger partial charge in [-0.3, -0.25) is 0 Å². The number of fused-ring (bicyclic) bond motifs is 1. The number of nitrogens with zero attached hydrogens (tertiary/aromatic N) is 3. The van der Waals surface area contributed by atoms with Crippen LogP contribution < -0.4 is 14.8 Å². The van der Waals surface area contributed by atoms with Gasteiger partial charge in [-0.2, -0.15) is 4.98 Å². The molecule has 3 aromatic rings. The van der Waals surface area contributed by atoms with Gasteiger partial charge >= 0.3 is 6.03 Å². The zero-order chi connectivity index (χ0) is 21.4. The standard InChI is InChI=1S/C21H18F2N4O4/c22-12-3-5-14(15(23)10-12)19-25-20(31-26-19)16-2-1-7-27(16)21(28)24-13-4-6-17-18(11-13)30-9-8-29-17/h3-6,10-11,16H,1-2,7-9H2,(H,24,28)/t16-/m0/s1. The molecule has 5 rings (SSSR count). The van der Waals surface area contributed by atoms with E-state index >= 15 is 0 Å². The molecule has 160 valence electrons. The van der Waals surface area contributed by atoms with Gasteiger partial charge in [0.05, 0.1) is 5.56 Å². The lowest BCUT2D eigenvalue weighted by Gasteiger charge is -2.23. The molecule has 0 aliphatic carbocycles. The highest BCUT2D eigenvalue weighted by atomic mass is 19.1. The number of likely N-dealkylation sites (tertiary alicyclic amines) is 1. The fourth-order valence-electron chi connectivity index (χ4n) is 3.73. The topological polar surface area (TPSA) is 89.7 Å². The van der Waals surface area contributed by atoms with Gasteiger partial charge in [-0.15, -0.1) is 0 Å². The van der Waals surface area contributed by atoms with E-state index in [-0.39, 0.29) is 23.3 Å². The minimum Gasteiger partial charge on any atom is -0.486 e. The third-order valence-electron chi connectivity index (χ3n) is 5.21. The van der Waals surface area contributed by atoms with Crippen LogP contribution in [0.25, 0.3) is 11.4 Å². The number of hydrogen-bond acceptors (Lipinski definition) is 6. The molecular formula is C21H18F2N4O4. The average Bonchev–Trinajstić information content (AvgIpc) is 3.43. The Bertz CT molecular complexity index is 1140. The third-order valence-corrected chi connectivity index (χ3v) is 5.21. The zero-order valence-corrected chi connectivity index (χ0v) is 16.3. The first-order chi connectivity index (χ1) is 15.1. The summed E-state index contributed by atoms with van der Waals surface area (Å²) in [6, 6.07) is 7.55. The molecule has 0 saturated carbocycles. The number of benzene rings is 2. The van der Waals surface area contributed by atoms with Crippen LogP contribution in [-0.2, 0) is 0 Å². The fourth-order valence-corrected chi connectivity index (χ4v) is 3.73. The predicted octanol–water partition coefficient (Wildman–Crippen LogP) is 4.16. The molecule has 1 atom stereocenters. The Labute approximate surface area is 175 Å². The number of anilines is 1. The number of halogens is 2. The van der Waals surface area contributed by atoms with E-state index in [4.69, 9.17) is 14.0 Å². The Hall–Kier alpha value is -3.69. The Kier molecular flexibility index (Phi) is 4.89. The van der Waals surface area contributed by atoms with Crippen LogP contribution in [0.2, 0.25) is 0 Å². The summed E-state index contributed by atoms with van der Waals surface area (Å²) in [4.78, 5) is 18.7. The lowest BCUT2D eigenvalue weighted by atomic mass is 10.2. The summed E-state index contributed by atoms with van der Waals surface area (Å²) >= 11 is 0. The molecule has 1 aromatic heterocycles. The van der Waals surface area contributed by atoms with Crippen molar-refractivity contribution in [3.8, 4) is 22.9 Å². The summed E-state index contributed by atoms with van der Waals surface area (Å²) < 4.78 is 43.5. The molecule has 8 nitrogen and oxygen atoms in total. The van der Waals surface area contributed by atoms with Gasteiger partial charge < -0.3 is 24.2 Å². The molecule has 31 heavy (non-hydrogen) atoms. The normalized spacial score (nSPS) is 17.6. The molecule has 0 spiro atoms. The number of hydrogen-bond donors (Lipinski definition) is 1. The number of ether oxygens (including phenoxy) is 2. The van der Waals surface area contributed by atoms with Crippen LogP contribution in [0, 0.1) is 11.6 Å². The van der Waals surface area contributed by atoms with Crippen molar-refractivity contribution in [1.82, 2.24) is 15.0 Å². The Morgan fingerprint density at radius 1 is 1.10 bits per heavy atom. The molecule has 0 unspecified atom stereocenters. The molecule has 0 radical (unpaired) electrons. The van der Waals surface area contributed by atoms with Crippen LogP contribution in [0.4, 0.5) is 19.3 Å². The molecule has 1 N–H and O–H groups in total. The first kappa shape index (κ1) is 19.3. The van der Waals surface area contributed by atoms with Gasteiger partial charge in [-0.1, -0.05) is 5.16 Å². The maximum Gasteiger partial charge on any atom is 0.322 e. The van der Waals surface area contributed by atoms with Crippen molar-refractivity contribution in [2.24, 2.45) is 0 Å². The monoisotopic (exact) mass is 428 g/mol. The second kappa shape index (κ2) is 7.86. The molecule has 1 fully saturated rings. The fraction of sp³-hybridized carbons (Fsp3) is 0.286. The third kappa shape index (κ3) is 3.76. The highest BCUT2D eigenvalue weighted by molar-refractivity contribution is 5.90. The summed E-state index contributed by atoms with van der Waals surface area (Å²) in [5, 5.41) is 6.66. The summed E-state index contributed by atoms with van der Waals surface area (Å²) in [5.74, 6) is -0.0607. The van der Waals surface area contributed by atoms with E-state index in [9.17, 15) is 13.6 Å². The number of rotatable bonds is 3. The smallest absolute Gasteiger partial charge is 0.322 e. The molecule has 1 saturated heterocycles. The van der Waals surface area contributed by atoms with E-state index in [2.05, 4.69) is 15.5 Å². The van der Waals surface area contributed by atoms with Gasteiger partial charge in [0.1, 0.15) is 30.9 Å². The van der Waals surface area contributed by atoms with Crippen LogP contribution in [0.3, 0.4) is 0 Å². The number of aromatic nitrogens is 2. The van der Waals surface area contributed by atoms with Crippen molar-refractivity contribution in [2.75, 3.05) is 25.1 Å². The molecule has 2 amide bonds. The Morgan fingerprint density at radius 3 is 2.77 bits per heavy atom. The minimum absolute atomic E-state index is 0.00611. The molecule has 0 bridgehead atoms. The summed E-state index contributed by atoms with van der Waals surface area (Å²) in [5.41, 5.74) is 0.598. The minimum atomic E-state index is -0.785. The number of carbonyl (C=O) groups excluding carboxylic acids is 1. The van der Waals surface area contributed by atoms with Crippen LogP contribution in [-0.4, -0.2) is 40.8 Å². The summed E-state index contributed by atoms with van der Waals surface area (Å²) in [7, 11) is 0. The SMILES string of the molecule is O=C(Nc1ccc2c(c1)OCCO2)N1CCC[C@H]1c1nc(-c2ccc(F)cc2F)no1. The molecule has 2 aliphatic rings. The quantitative estimate of drug-likeness (QED) is 0.674.